The van der Waals surface area contributed by atoms with Crippen molar-refractivity contribution in [1.82, 2.24) is 0 Å². The first-order valence-corrected chi connectivity index (χ1v) is 44.4. The van der Waals surface area contributed by atoms with Gasteiger partial charge in [-0.25, -0.2) is 4.70 Å². The van der Waals surface area contributed by atoms with Gasteiger partial charge >= 0.3 is 16.5 Å². The number of allylic oxidation sites excluding steroid dienone is 4. The van der Waals surface area contributed by atoms with E-state index in [1.807, 2.05) is 0 Å². The van der Waals surface area contributed by atoms with E-state index >= 15 is 0 Å². The SMILES string of the molecule is CCCCCCCCCCCCCCCCCC=CCCc1ccccc1C1=C(CCCCCC)C(CCCC)=C(c2cccc(CCCC)c2)[N+]1=[N-].[CH2-]CCCCCCCCCCCCCCCCCCCCC.[CH2-]CCCCCCCCCCCCCCCCCCCCC.[Ni+2]. The van der Waals surface area contributed by atoms with Crippen molar-refractivity contribution in [3.05, 3.63) is 113 Å². The Labute approximate surface area is 626 Å². The molecular formula is C95H170N2Ni. The van der Waals surface area contributed by atoms with Crippen LogP contribution in [0.1, 0.15) is 494 Å². The van der Waals surface area contributed by atoms with E-state index in [4.69, 9.17) is 0 Å². The third-order valence-corrected chi connectivity index (χ3v) is 21.1. The Balaban J connectivity index is 0.00000172. The minimum absolute atomic E-state index is 0. The zero-order valence-electron chi connectivity index (χ0n) is 67.2. The topological polar surface area (TPSA) is 25.3 Å². The minimum Gasteiger partial charge on any atom is -0.493 e. The molecule has 0 unspecified atom stereocenters. The van der Waals surface area contributed by atoms with Gasteiger partial charge in [-0.3, -0.25) is 0 Å². The van der Waals surface area contributed by atoms with Crippen LogP contribution in [0.15, 0.2) is 71.8 Å². The number of hydrogen-bond acceptors (Lipinski definition) is 0. The molecule has 0 radical (unpaired) electrons. The summed E-state index contributed by atoms with van der Waals surface area (Å²) in [6, 6.07) is 17.9. The molecule has 98 heavy (non-hydrogen) atoms. The molecule has 0 amide bonds. The van der Waals surface area contributed by atoms with Gasteiger partial charge in [-0.2, -0.15) is 12.8 Å². The number of nitrogens with zero attached hydrogens (tertiary/aromatic N) is 2. The largest absolute Gasteiger partial charge is 2.00 e. The summed E-state index contributed by atoms with van der Waals surface area (Å²) in [5.41, 5.74) is 22.1. The average molecular weight is 1400 g/mol. The number of rotatable bonds is 70. The van der Waals surface area contributed by atoms with Crippen molar-refractivity contribution in [2.24, 2.45) is 0 Å². The number of hydrogen-bond donors (Lipinski definition) is 0. The van der Waals surface area contributed by atoms with Crippen molar-refractivity contribution in [2.45, 2.75) is 485 Å². The summed E-state index contributed by atoms with van der Waals surface area (Å²) in [5, 5.41) is 0. The van der Waals surface area contributed by atoms with Crippen molar-refractivity contribution in [2.75, 3.05) is 0 Å². The number of aryl methyl sites for hydroxylation is 2. The van der Waals surface area contributed by atoms with Gasteiger partial charge in [0.15, 0.2) is 0 Å². The Bertz CT molecular complexity index is 1980. The molecule has 0 bridgehead atoms. The Morgan fingerprint density at radius 2 is 0.582 bits per heavy atom. The summed E-state index contributed by atoms with van der Waals surface area (Å²) in [7, 11) is 0. The van der Waals surface area contributed by atoms with Crippen LogP contribution in [-0.4, -0.2) is 4.70 Å². The van der Waals surface area contributed by atoms with Gasteiger partial charge in [-0.15, -0.1) is 0 Å². The first kappa shape index (κ1) is 95.8. The average Bonchev–Trinajstić information content (AvgIpc) is 1.60. The van der Waals surface area contributed by atoms with E-state index in [1.54, 1.807) is 4.70 Å². The molecule has 2 aromatic carbocycles. The van der Waals surface area contributed by atoms with E-state index < -0.39 is 0 Å². The molecule has 3 rings (SSSR count). The zero-order chi connectivity index (χ0) is 70.1. The molecule has 570 valence electrons. The van der Waals surface area contributed by atoms with Gasteiger partial charge in [-0.05, 0) is 93.5 Å². The molecular weight excluding hydrogens is 1230 g/mol. The van der Waals surface area contributed by atoms with E-state index in [9.17, 15) is 5.53 Å². The predicted molar refractivity (Wildman–Crippen MR) is 441 cm³/mol. The molecule has 0 fully saturated rings. The maximum absolute atomic E-state index is 12.2. The van der Waals surface area contributed by atoms with E-state index in [1.165, 1.54) is 413 Å². The quantitative estimate of drug-likeness (QED) is 0.0207. The second-order valence-corrected chi connectivity index (χ2v) is 30.5. The van der Waals surface area contributed by atoms with Crippen LogP contribution >= 0.6 is 0 Å². The second-order valence-electron chi connectivity index (χ2n) is 30.5. The van der Waals surface area contributed by atoms with Crippen LogP contribution in [0.25, 0.3) is 16.9 Å². The van der Waals surface area contributed by atoms with Crippen LogP contribution in [0.3, 0.4) is 0 Å². The van der Waals surface area contributed by atoms with E-state index in [0.717, 1.165) is 74.7 Å². The molecule has 0 N–H and O–H groups in total. The fourth-order valence-electron chi connectivity index (χ4n) is 14.7. The van der Waals surface area contributed by atoms with Crippen LogP contribution in [0.2, 0.25) is 0 Å². The van der Waals surface area contributed by atoms with Crippen LogP contribution in [0.5, 0.6) is 0 Å². The maximum atomic E-state index is 12.2. The van der Waals surface area contributed by atoms with E-state index in [-0.39, 0.29) is 16.5 Å². The van der Waals surface area contributed by atoms with Crippen molar-refractivity contribution in [1.29, 1.82) is 0 Å². The number of benzene rings is 2. The molecule has 0 saturated heterocycles. The van der Waals surface area contributed by atoms with Gasteiger partial charge in [0.25, 0.3) is 0 Å². The van der Waals surface area contributed by atoms with Crippen LogP contribution in [-0.2, 0) is 29.3 Å². The molecule has 1 heterocycles. The molecule has 0 aromatic heterocycles. The van der Waals surface area contributed by atoms with Gasteiger partial charge in [0.05, 0.1) is 0 Å². The number of unbranched alkanes of at least 4 members (excludes halogenated alkanes) is 58. The van der Waals surface area contributed by atoms with Gasteiger partial charge in [0.1, 0.15) is 0 Å². The van der Waals surface area contributed by atoms with E-state index in [2.05, 4.69) is 116 Å². The molecule has 1 aliphatic rings. The van der Waals surface area contributed by atoms with Gasteiger partial charge in [0.2, 0.25) is 11.4 Å². The predicted octanol–water partition coefficient (Wildman–Crippen LogP) is 34.4. The monoisotopic (exact) mass is 1400 g/mol. The Morgan fingerprint density at radius 1 is 0.286 bits per heavy atom. The van der Waals surface area contributed by atoms with Gasteiger partial charge in [0, 0.05) is 22.3 Å². The van der Waals surface area contributed by atoms with Crippen molar-refractivity contribution in [3.8, 4) is 0 Å². The third kappa shape index (κ3) is 56.2. The Kier molecular flexibility index (Phi) is 75.6. The molecule has 0 aliphatic carbocycles. The van der Waals surface area contributed by atoms with Crippen LogP contribution in [0.4, 0.5) is 0 Å². The summed E-state index contributed by atoms with van der Waals surface area (Å²) in [6.45, 7) is 21.5. The normalized spacial score (nSPS) is 12.3. The third-order valence-electron chi connectivity index (χ3n) is 21.1. The van der Waals surface area contributed by atoms with Crippen LogP contribution in [0, 0.1) is 13.8 Å². The molecule has 0 saturated carbocycles. The maximum Gasteiger partial charge on any atom is 2.00 e. The van der Waals surface area contributed by atoms with Crippen molar-refractivity contribution in [3.63, 3.8) is 0 Å². The molecule has 2 aromatic rings. The van der Waals surface area contributed by atoms with Gasteiger partial charge < -0.3 is 19.4 Å². The Morgan fingerprint density at radius 3 is 0.949 bits per heavy atom. The molecule has 1 aliphatic heterocycles. The minimum atomic E-state index is 0. The van der Waals surface area contributed by atoms with Crippen molar-refractivity contribution < 1.29 is 21.2 Å². The molecule has 3 heteroatoms. The summed E-state index contributed by atoms with van der Waals surface area (Å²) in [4.78, 5) is 0. The summed E-state index contributed by atoms with van der Waals surface area (Å²) < 4.78 is 1.60. The summed E-state index contributed by atoms with van der Waals surface area (Å²) in [6.07, 6.45) is 99.7. The first-order chi connectivity index (χ1) is 48.0. The smallest absolute Gasteiger partial charge is 0.493 e. The Hall–Kier alpha value is -2.25. The van der Waals surface area contributed by atoms with E-state index in [0.29, 0.717) is 0 Å². The fourth-order valence-corrected chi connectivity index (χ4v) is 14.7. The standard InChI is InChI=1S/C51H80N2.2C22H45.Ni/c1-5-9-13-15-16-17-18-19-20-21-22-23-24-25-26-27-28-29-30-37-45-38-32-33-41-47(45)51-49(42-31-14-10-6-2)48(40-12-8-4)50(53(51)52)46-39-34-36-44(43-46)35-11-7-3;2*1-3-5-7-9-11-13-15-17-19-21-22-20-18-16-14-12-10-8-6-4-2;/h28-29,32-34,36,38-39,41,43H,5-27,30-31,35,37,40,42H2,1-4H3;2*1,3-22H2,2H3;/q;2*-1;+2. The zero-order valence-corrected chi connectivity index (χ0v) is 68.2. The van der Waals surface area contributed by atoms with Gasteiger partial charge in [-0.1, -0.05) is 450 Å². The molecule has 0 atom stereocenters. The van der Waals surface area contributed by atoms with Crippen molar-refractivity contribution >= 4 is 11.4 Å². The fraction of sp³-hybridized carbons (Fsp3) is 0.789. The second kappa shape index (κ2) is 77.4. The molecule has 2 nitrogen and oxygen atoms in total. The molecule has 0 spiro atoms. The first-order valence-electron chi connectivity index (χ1n) is 44.4. The summed E-state index contributed by atoms with van der Waals surface area (Å²) >= 11 is 0. The summed E-state index contributed by atoms with van der Waals surface area (Å²) in [5.74, 6) is 0. The van der Waals surface area contributed by atoms with Crippen LogP contribution < -0.4 is 0 Å².